The fourth-order valence-corrected chi connectivity index (χ4v) is 3.87. The molecule has 158 valence electrons. The van der Waals surface area contributed by atoms with Gasteiger partial charge in [-0.3, -0.25) is 4.79 Å². The quantitative estimate of drug-likeness (QED) is 0.762. The van der Waals surface area contributed by atoms with Gasteiger partial charge < -0.3 is 14.8 Å². The standard InChI is InChI=1S/C21H23N3O5S/c1-5-14-7-6-8-16(11-14)22-21(25)18-13-17(23-30(26,27)24(18)2)15-9-10-19(28-3)20(12-15)29-4/h6-13H,5H2,1-4H3,(H,22,25). The van der Waals surface area contributed by atoms with Gasteiger partial charge in [0.15, 0.2) is 11.5 Å². The molecule has 0 atom stereocenters. The van der Waals surface area contributed by atoms with Crippen molar-refractivity contribution in [2.45, 2.75) is 13.3 Å². The summed E-state index contributed by atoms with van der Waals surface area (Å²) in [4.78, 5) is 12.9. The minimum Gasteiger partial charge on any atom is -0.493 e. The van der Waals surface area contributed by atoms with Crippen LogP contribution < -0.4 is 14.8 Å². The van der Waals surface area contributed by atoms with E-state index >= 15 is 0 Å². The van der Waals surface area contributed by atoms with Crippen LogP contribution in [0.5, 0.6) is 11.5 Å². The minimum atomic E-state index is -4.07. The average molecular weight is 429 g/mol. The van der Waals surface area contributed by atoms with Gasteiger partial charge in [-0.1, -0.05) is 19.1 Å². The predicted molar refractivity (Wildman–Crippen MR) is 115 cm³/mol. The van der Waals surface area contributed by atoms with Gasteiger partial charge in [0.25, 0.3) is 5.91 Å². The Labute approximate surface area is 176 Å². The van der Waals surface area contributed by atoms with Crippen LogP contribution in [0.25, 0.3) is 0 Å². The molecular formula is C21H23N3O5S. The summed E-state index contributed by atoms with van der Waals surface area (Å²) in [5.41, 5.74) is 2.20. The highest BCUT2D eigenvalue weighted by atomic mass is 32.2. The smallest absolute Gasteiger partial charge is 0.345 e. The van der Waals surface area contributed by atoms with Gasteiger partial charge in [0.2, 0.25) is 0 Å². The lowest BCUT2D eigenvalue weighted by atomic mass is 10.1. The number of hydrogen-bond donors (Lipinski definition) is 1. The first-order chi connectivity index (χ1) is 14.3. The number of methoxy groups -OCH3 is 2. The van der Waals surface area contributed by atoms with Crippen LogP contribution in [0.1, 0.15) is 18.1 Å². The lowest BCUT2D eigenvalue weighted by Gasteiger charge is -2.24. The molecule has 30 heavy (non-hydrogen) atoms. The number of rotatable bonds is 6. The molecular weight excluding hydrogens is 406 g/mol. The van der Waals surface area contributed by atoms with E-state index in [9.17, 15) is 13.2 Å². The van der Waals surface area contributed by atoms with Gasteiger partial charge >= 0.3 is 10.2 Å². The molecule has 0 saturated carbocycles. The highest BCUT2D eigenvalue weighted by molar-refractivity contribution is 7.88. The molecule has 0 unspecified atom stereocenters. The van der Waals surface area contributed by atoms with E-state index in [1.54, 1.807) is 24.3 Å². The number of ether oxygens (including phenoxy) is 2. The van der Waals surface area contributed by atoms with Crippen LogP contribution in [-0.4, -0.2) is 45.6 Å². The third-order valence-corrected chi connectivity index (χ3v) is 5.99. The van der Waals surface area contributed by atoms with Crippen molar-refractivity contribution in [3.05, 3.63) is 65.4 Å². The van der Waals surface area contributed by atoms with Crippen molar-refractivity contribution in [2.24, 2.45) is 4.40 Å². The Kier molecular flexibility index (Phi) is 6.12. The van der Waals surface area contributed by atoms with Gasteiger partial charge in [0.05, 0.1) is 19.9 Å². The van der Waals surface area contributed by atoms with Crippen LogP contribution in [0.4, 0.5) is 5.69 Å². The fraction of sp³-hybridized carbons (Fsp3) is 0.238. The number of anilines is 1. The Morgan fingerprint density at radius 1 is 1.10 bits per heavy atom. The maximum atomic E-state index is 12.9. The Morgan fingerprint density at radius 2 is 1.83 bits per heavy atom. The normalized spacial score (nSPS) is 15.1. The second kappa shape index (κ2) is 8.58. The molecule has 1 aliphatic rings. The van der Waals surface area contributed by atoms with E-state index in [4.69, 9.17) is 9.47 Å². The molecule has 1 amide bonds. The van der Waals surface area contributed by atoms with Gasteiger partial charge in [0, 0.05) is 18.3 Å². The number of nitrogens with one attached hydrogen (secondary N) is 1. The number of carbonyl (C=O) groups excluding carboxylic acids is 1. The second-order valence-corrected chi connectivity index (χ2v) is 8.16. The van der Waals surface area contributed by atoms with Crippen molar-refractivity contribution in [3.63, 3.8) is 0 Å². The van der Waals surface area contributed by atoms with Crippen molar-refractivity contribution in [1.29, 1.82) is 0 Å². The summed E-state index contributed by atoms with van der Waals surface area (Å²) < 4.78 is 40.3. The zero-order chi connectivity index (χ0) is 21.9. The van der Waals surface area contributed by atoms with E-state index in [0.717, 1.165) is 16.3 Å². The third-order valence-electron chi connectivity index (χ3n) is 4.68. The minimum absolute atomic E-state index is 0.0447. The molecule has 1 N–H and O–H groups in total. The van der Waals surface area contributed by atoms with E-state index in [1.807, 2.05) is 25.1 Å². The van der Waals surface area contributed by atoms with Crippen molar-refractivity contribution in [1.82, 2.24) is 4.31 Å². The molecule has 8 nitrogen and oxygen atoms in total. The molecule has 0 aromatic heterocycles. The number of amides is 1. The fourth-order valence-electron chi connectivity index (χ4n) is 2.96. The van der Waals surface area contributed by atoms with Crippen molar-refractivity contribution >= 4 is 27.5 Å². The number of carbonyl (C=O) groups is 1. The maximum absolute atomic E-state index is 12.9. The predicted octanol–water partition coefficient (Wildman–Crippen LogP) is 2.77. The van der Waals surface area contributed by atoms with Gasteiger partial charge in [-0.2, -0.15) is 8.42 Å². The maximum Gasteiger partial charge on any atom is 0.345 e. The second-order valence-electron chi connectivity index (χ2n) is 6.53. The molecule has 1 heterocycles. The van der Waals surface area contributed by atoms with Crippen LogP contribution >= 0.6 is 0 Å². The van der Waals surface area contributed by atoms with Gasteiger partial charge in [0.1, 0.15) is 5.70 Å². The lowest BCUT2D eigenvalue weighted by Crippen LogP contribution is -2.35. The number of benzene rings is 2. The average Bonchev–Trinajstić information content (AvgIpc) is 2.74. The first-order valence-electron chi connectivity index (χ1n) is 9.22. The SMILES string of the molecule is CCc1cccc(NC(=O)C2=CC(c3ccc(OC)c(OC)c3)=NS(=O)(=O)N2C)c1. The first-order valence-corrected chi connectivity index (χ1v) is 10.6. The highest BCUT2D eigenvalue weighted by Gasteiger charge is 2.30. The summed E-state index contributed by atoms with van der Waals surface area (Å²) >= 11 is 0. The molecule has 0 saturated heterocycles. The molecule has 0 bridgehead atoms. The summed E-state index contributed by atoms with van der Waals surface area (Å²) in [6, 6.07) is 12.3. The topological polar surface area (TPSA) is 97.3 Å². The van der Waals surface area contributed by atoms with E-state index in [-0.39, 0.29) is 11.4 Å². The van der Waals surface area contributed by atoms with Crippen LogP contribution in [0.3, 0.4) is 0 Å². The first kappa shape index (κ1) is 21.4. The van der Waals surface area contributed by atoms with Crippen LogP contribution in [0.2, 0.25) is 0 Å². The number of hydrogen-bond acceptors (Lipinski definition) is 5. The summed E-state index contributed by atoms with van der Waals surface area (Å²) in [6.07, 6.45) is 2.25. The van der Waals surface area contributed by atoms with Crippen LogP contribution in [-0.2, 0) is 21.4 Å². The van der Waals surface area contributed by atoms with Crippen molar-refractivity contribution in [2.75, 3.05) is 26.6 Å². The summed E-state index contributed by atoms with van der Waals surface area (Å²) in [6.45, 7) is 2.01. The van der Waals surface area contributed by atoms with Gasteiger partial charge in [-0.05, 0) is 48.4 Å². The van der Waals surface area contributed by atoms with E-state index in [2.05, 4.69) is 9.71 Å². The molecule has 0 radical (unpaired) electrons. The molecule has 2 aromatic carbocycles. The summed E-state index contributed by atoms with van der Waals surface area (Å²) in [5, 5.41) is 2.75. The Morgan fingerprint density at radius 3 is 2.50 bits per heavy atom. The summed E-state index contributed by atoms with van der Waals surface area (Å²) in [5.74, 6) is 0.363. The number of likely N-dealkylation sites (N-methyl/N-ethyl adjacent to an activating group) is 1. The monoisotopic (exact) mass is 429 g/mol. The number of nitrogens with zero attached hydrogens (tertiary/aromatic N) is 2. The molecule has 2 aromatic rings. The van der Waals surface area contributed by atoms with E-state index < -0.39 is 16.1 Å². The zero-order valence-corrected chi connectivity index (χ0v) is 18.0. The van der Waals surface area contributed by atoms with Gasteiger partial charge in [-0.25, -0.2) is 4.31 Å². The number of allylic oxidation sites excluding steroid dienone is 1. The lowest BCUT2D eigenvalue weighted by molar-refractivity contribution is -0.113. The van der Waals surface area contributed by atoms with Crippen molar-refractivity contribution < 1.29 is 22.7 Å². The molecule has 0 aliphatic carbocycles. The molecule has 0 spiro atoms. The van der Waals surface area contributed by atoms with E-state index in [0.29, 0.717) is 22.7 Å². The summed E-state index contributed by atoms with van der Waals surface area (Å²) in [7, 11) is 0.202. The molecule has 1 aliphatic heterocycles. The Bertz CT molecular complexity index is 1140. The van der Waals surface area contributed by atoms with Crippen LogP contribution in [0, 0.1) is 0 Å². The molecule has 0 fully saturated rings. The zero-order valence-electron chi connectivity index (χ0n) is 17.2. The molecule has 9 heteroatoms. The van der Waals surface area contributed by atoms with Gasteiger partial charge in [-0.15, -0.1) is 4.40 Å². The third kappa shape index (κ3) is 4.30. The highest BCUT2D eigenvalue weighted by Crippen LogP contribution is 2.29. The van der Waals surface area contributed by atoms with Crippen LogP contribution in [0.15, 0.2) is 58.6 Å². The Balaban J connectivity index is 1.98. The van der Waals surface area contributed by atoms with E-state index in [1.165, 1.54) is 27.3 Å². The largest absolute Gasteiger partial charge is 0.493 e. The Hall–Kier alpha value is -3.33. The number of aryl methyl sites for hydroxylation is 1. The molecule has 3 rings (SSSR count). The van der Waals surface area contributed by atoms with Crippen molar-refractivity contribution in [3.8, 4) is 11.5 Å².